The van der Waals surface area contributed by atoms with Gasteiger partial charge in [0.2, 0.25) is 0 Å². The Morgan fingerprint density at radius 1 is 1.38 bits per heavy atom. The van der Waals surface area contributed by atoms with Crippen molar-refractivity contribution in [2.75, 3.05) is 20.1 Å². The molecule has 0 aliphatic rings. The van der Waals surface area contributed by atoms with Crippen molar-refractivity contribution in [1.82, 2.24) is 20.5 Å². The van der Waals surface area contributed by atoms with E-state index >= 15 is 0 Å². The smallest absolute Gasteiger partial charge is 0.163 e. The maximum absolute atomic E-state index is 11.9. The van der Waals surface area contributed by atoms with E-state index in [2.05, 4.69) is 29.5 Å². The van der Waals surface area contributed by atoms with Crippen LogP contribution in [0, 0.1) is 0 Å². The first-order valence-electron chi connectivity index (χ1n) is 10.2. The van der Waals surface area contributed by atoms with E-state index in [1.165, 1.54) is 13.1 Å². The summed E-state index contributed by atoms with van der Waals surface area (Å²) in [6.45, 7) is 11.6. The molecular weight excluding hydrogens is 386 g/mol. The summed E-state index contributed by atoms with van der Waals surface area (Å²) in [5.74, 6) is 0.398. The number of aliphatic hydroxyl groups is 1. The molecule has 0 bridgehead atoms. The van der Waals surface area contributed by atoms with Gasteiger partial charge in [0.25, 0.3) is 0 Å². The minimum absolute atomic E-state index is 0.00149. The number of aromatic nitrogens is 1. The van der Waals surface area contributed by atoms with Crippen molar-refractivity contribution in [3.63, 3.8) is 0 Å². The van der Waals surface area contributed by atoms with Crippen LogP contribution in [0.15, 0.2) is 29.8 Å². The van der Waals surface area contributed by atoms with Crippen LogP contribution in [0.2, 0.25) is 0 Å². The van der Waals surface area contributed by atoms with Crippen LogP contribution >= 0.6 is 11.3 Å². The van der Waals surface area contributed by atoms with Gasteiger partial charge in [-0.2, -0.15) is 0 Å². The molecule has 5 N–H and O–H groups in total. The molecule has 29 heavy (non-hydrogen) atoms. The van der Waals surface area contributed by atoms with Gasteiger partial charge < -0.3 is 16.2 Å². The van der Waals surface area contributed by atoms with Crippen LogP contribution in [-0.2, 0) is 11.3 Å². The topological polar surface area (TPSA) is 104 Å². The van der Waals surface area contributed by atoms with E-state index in [1.54, 1.807) is 29.4 Å². The number of nitrogens with two attached hydrogens (primary N) is 1. The minimum atomic E-state index is -0.919. The van der Waals surface area contributed by atoms with Crippen LogP contribution in [0.5, 0.6) is 0 Å². The average Bonchev–Trinajstić information content (AvgIpc) is 3.16. The molecule has 0 saturated heterocycles. The van der Waals surface area contributed by atoms with Crippen molar-refractivity contribution in [3.8, 4) is 0 Å². The van der Waals surface area contributed by atoms with Gasteiger partial charge in [0.1, 0.15) is 5.78 Å². The molecule has 166 valence electrons. The number of rotatable bonds is 13. The Bertz CT molecular complexity index is 616. The largest absolute Gasteiger partial charge is 0.405 e. The Balaban J connectivity index is 0.00000379. The zero-order valence-electron chi connectivity index (χ0n) is 18.7. The third-order valence-electron chi connectivity index (χ3n) is 3.96. The second-order valence-corrected chi connectivity index (χ2v) is 7.65. The highest BCUT2D eigenvalue weighted by molar-refractivity contribution is 7.09. The van der Waals surface area contributed by atoms with Gasteiger partial charge in [0, 0.05) is 24.4 Å². The van der Waals surface area contributed by atoms with E-state index in [-0.39, 0.29) is 5.78 Å². The fraction of sp³-hybridized carbons (Fsp3) is 0.619. The lowest BCUT2D eigenvalue weighted by Crippen LogP contribution is -2.51. The Labute approximate surface area is 180 Å². The van der Waals surface area contributed by atoms with Gasteiger partial charge in [-0.15, -0.1) is 11.3 Å². The molecule has 2 unspecified atom stereocenters. The first kappa shape index (κ1) is 27.4. The number of nitrogens with one attached hydrogen (secondary N) is 2. The van der Waals surface area contributed by atoms with Crippen molar-refractivity contribution in [2.45, 2.75) is 65.9 Å². The zero-order chi connectivity index (χ0) is 22.2. The van der Waals surface area contributed by atoms with Gasteiger partial charge in [0.15, 0.2) is 6.35 Å². The summed E-state index contributed by atoms with van der Waals surface area (Å²) >= 11 is 1.63. The maximum atomic E-state index is 11.9. The van der Waals surface area contributed by atoms with Crippen LogP contribution in [-0.4, -0.2) is 53.3 Å². The Morgan fingerprint density at radius 2 is 2.07 bits per heavy atom. The summed E-state index contributed by atoms with van der Waals surface area (Å²) in [7, 11) is 1.80. The molecule has 0 radical (unpaired) electrons. The Morgan fingerprint density at radius 3 is 2.62 bits per heavy atom. The fourth-order valence-electron chi connectivity index (χ4n) is 2.36. The number of aliphatic hydroxyl groups excluding tert-OH is 1. The predicted octanol–water partition coefficient (Wildman–Crippen LogP) is 2.56. The monoisotopic (exact) mass is 425 g/mol. The molecular formula is C21H39N5O2S. The van der Waals surface area contributed by atoms with Crippen molar-refractivity contribution in [1.29, 1.82) is 0 Å². The van der Waals surface area contributed by atoms with Crippen molar-refractivity contribution >= 4 is 17.1 Å². The highest BCUT2D eigenvalue weighted by Gasteiger charge is 2.20. The Kier molecular flexibility index (Phi) is 15.4. The highest BCUT2D eigenvalue weighted by atomic mass is 32.1. The third kappa shape index (κ3) is 11.9. The number of Topliss-reactive ketones (excluding diaryl/α,β-unsaturated/α-hetero) is 1. The van der Waals surface area contributed by atoms with E-state index in [0.717, 1.165) is 10.7 Å². The number of thiazole rings is 1. The Hall–Kier alpha value is -1.58. The number of carbonyl (C=O) groups excluding carboxylic acids is 1. The summed E-state index contributed by atoms with van der Waals surface area (Å²) in [6.07, 6.45) is 6.70. The quantitative estimate of drug-likeness (QED) is 0.219. The van der Waals surface area contributed by atoms with Gasteiger partial charge in [-0.1, -0.05) is 39.8 Å². The number of nitrogens with zero attached hydrogens (tertiary/aromatic N) is 2. The standard InChI is InChI=1S/C19H33N5O2S.C2H6/c1-14(2)18-22-16(13-27-18)12-24(4)19(26)23-17(15(3)25)8-11-21-10-7-5-6-9-20;1-2/h5-7,9,13-14,17,19,21,23,26H,8,10-12,20H2,1-4H3;1-2H3/b7-5-,9-6-;. The van der Waals surface area contributed by atoms with Crippen LogP contribution in [0.25, 0.3) is 0 Å². The number of carbonyl (C=O) groups is 1. The van der Waals surface area contributed by atoms with Gasteiger partial charge >= 0.3 is 0 Å². The average molecular weight is 426 g/mol. The molecule has 1 aromatic heterocycles. The van der Waals surface area contributed by atoms with Gasteiger partial charge in [-0.05, 0) is 39.2 Å². The molecule has 8 heteroatoms. The van der Waals surface area contributed by atoms with E-state index in [4.69, 9.17) is 5.73 Å². The van der Waals surface area contributed by atoms with E-state index < -0.39 is 12.4 Å². The highest BCUT2D eigenvalue weighted by Crippen LogP contribution is 2.19. The second kappa shape index (κ2) is 16.2. The first-order valence-corrected chi connectivity index (χ1v) is 11.1. The SMILES string of the molecule is CC.CC(=O)C(CCNC/C=C\C=C/N)NC(O)N(C)Cc1csc(C(C)C)n1. The van der Waals surface area contributed by atoms with Gasteiger partial charge in [-0.25, -0.2) is 4.98 Å². The molecule has 0 spiro atoms. The number of allylic oxidation sites excluding steroid dienone is 2. The molecule has 1 heterocycles. The third-order valence-corrected chi connectivity index (χ3v) is 5.16. The van der Waals surface area contributed by atoms with Crippen LogP contribution in [0.3, 0.4) is 0 Å². The molecule has 2 atom stereocenters. The molecule has 0 amide bonds. The van der Waals surface area contributed by atoms with Gasteiger partial charge in [-0.3, -0.25) is 15.0 Å². The van der Waals surface area contributed by atoms with E-state index in [0.29, 0.717) is 32.0 Å². The van der Waals surface area contributed by atoms with Crippen molar-refractivity contribution in [2.24, 2.45) is 5.73 Å². The normalized spacial score (nSPS) is 13.8. The maximum Gasteiger partial charge on any atom is 0.163 e. The molecule has 0 aromatic carbocycles. The lowest BCUT2D eigenvalue weighted by Gasteiger charge is -2.27. The summed E-state index contributed by atoms with van der Waals surface area (Å²) in [5.41, 5.74) is 6.17. The summed E-state index contributed by atoms with van der Waals surface area (Å²) < 4.78 is 0. The van der Waals surface area contributed by atoms with E-state index in [9.17, 15) is 9.90 Å². The summed E-state index contributed by atoms with van der Waals surface area (Å²) in [4.78, 5) is 18.2. The molecule has 0 aliphatic heterocycles. The summed E-state index contributed by atoms with van der Waals surface area (Å²) in [6, 6.07) is -0.412. The molecule has 0 fully saturated rings. The molecule has 1 aromatic rings. The number of hydrogen-bond donors (Lipinski definition) is 4. The zero-order valence-corrected chi connectivity index (χ0v) is 19.5. The van der Waals surface area contributed by atoms with Crippen LogP contribution in [0.4, 0.5) is 0 Å². The molecule has 7 nitrogen and oxygen atoms in total. The van der Waals surface area contributed by atoms with Gasteiger partial charge in [0.05, 0.1) is 16.7 Å². The molecule has 1 rings (SSSR count). The van der Waals surface area contributed by atoms with Crippen molar-refractivity contribution < 1.29 is 9.90 Å². The predicted molar refractivity (Wildman–Crippen MR) is 123 cm³/mol. The first-order chi connectivity index (χ1) is 13.8. The number of hydrogen-bond acceptors (Lipinski definition) is 8. The van der Waals surface area contributed by atoms with Crippen LogP contribution < -0.4 is 16.4 Å². The molecule has 0 saturated carbocycles. The van der Waals surface area contributed by atoms with E-state index in [1.807, 2.05) is 31.4 Å². The minimum Gasteiger partial charge on any atom is -0.405 e. The second-order valence-electron chi connectivity index (χ2n) is 6.76. The van der Waals surface area contributed by atoms with Crippen molar-refractivity contribution in [3.05, 3.63) is 40.5 Å². The van der Waals surface area contributed by atoms with Crippen LogP contribution in [0.1, 0.15) is 57.7 Å². The summed E-state index contributed by atoms with van der Waals surface area (Å²) in [5, 5.41) is 19.7. The fourth-order valence-corrected chi connectivity index (χ4v) is 3.18. The molecule has 0 aliphatic carbocycles. The lowest BCUT2D eigenvalue weighted by molar-refractivity contribution is -0.121. The number of ketones is 1. The lowest BCUT2D eigenvalue weighted by atomic mass is 10.1.